The number of hydrogen-bond acceptors (Lipinski definition) is 3. The van der Waals surface area contributed by atoms with Crippen molar-refractivity contribution >= 4 is 11.9 Å². The predicted octanol–water partition coefficient (Wildman–Crippen LogP) is 5.97. The zero-order chi connectivity index (χ0) is 23.7. The normalized spacial score (nSPS) is 42.2. The van der Waals surface area contributed by atoms with E-state index in [-0.39, 0.29) is 29.1 Å². The Balaban J connectivity index is 1.74. The van der Waals surface area contributed by atoms with Crippen LogP contribution in [-0.2, 0) is 9.59 Å². The van der Waals surface area contributed by atoms with Gasteiger partial charge in [0.1, 0.15) is 0 Å². The maximum atomic E-state index is 11.7. The number of rotatable bonds is 4. The van der Waals surface area contributed by atoms with Crippen molar-refractivity contribution in [3.63, 3.8) is 0 Å². The van der Waals surface area contributed by atoms with E-state index in [1.54, 1.807) is 0 Å². The van der Waals surface area contributed by atoms with Gasteiger partial charge in [-0.2, -0.15) is 5.26 Å². The van der Waals surface area contributed by atoms with Crippen molar-refractivity contribution < 1.29 is 19.8 Å². The first-order chi connectivity index (χ1) is 14.8. The Bertz CT molecular complexity index is 969. The molecule has 4 rings (SSSR count). The third-order valence-electron chi connectivity index (χ3n) is 10.6. The number of allylic oxidation sites excluding steroid dienone is 3. The van der Waals surface area contributed by atoms with Crippen LogP contribution in [0.1, 0.15) is 86.0 Å². The van der Waals surface area contributed by atoms with Crippen molar-refractivity contribution in [2.75, 3.05) is 0 Å². The summed E-state index contributed by atoms with van der Waals surface area (Å²) in [6, 6.07) is 2.38. The largest absolute Gasteiger partial charge is 0.481 e. The van der Waals surface area contributed by atoms with Crippen LogP contribution in [0.2, 0.25) is 0 Å². The van der Waals surface area contributed by atoms with Gasteiger partial charge >= 0.3 is 11.9 Å². The quantitative estimate of drug-likeness (QED) is 0.526. The number of carboxylic acid groups (broad SMARTS) is 2. The summed E-state index contributed by atoms with van der Waals surface area (Å²) in [5.74, 6) is -0.135. The van der Waals surface area contributed by atoms with E-state index >= 15 is 0 Å². The topological polar surface area (TPSA) is 98.4 Å². The number of carboxylic acids is 2. The third-order valence-corrected chi connectivity index (χ3v) is 10.6. The van der Waals surface area contributed by atoms with Crippen molar-refractivity contribution in [3.8, 4) is 6.07 Å². The molecule has 0 aromatic heterocycles. The standard InChI is InChI=1S/C27H37NO4/c1-24(2)20(12-22(29)30)16(15-28)13-26(4)18-9-11-27(5)19(17(18)6-7-21(24)26)8-10-25(27,3)14-23(31)32/h7,17-19H,6,8-14H2,1-5H3,(H,29,30)(H,31,32)/t17-,18+,19+,25-,26-,27+/m1/s1. The molecule has 0 aromatic carbocycles. The average Bonchev–Trinajstić information content (AvgIpc) is 2.93. The SMILES string of the molecule is CC1(C)C2=CC[C@@H]3[C@H](CC[C@@]4(C)[C@H]3CC[C@]4(C)CC(=O)O)[C@@]2(C)CC(C#N)=C1CC(=O)O. The van der Waals surface area contributed by atoms with Crippen molar-refractivity contribution in [2.45, 2.75) is 86.0 Å². The Morgan fingerprint density at radius 3 is 2.31 bits per heavy atom. The van der Waals surface area contributed by atoms with Gasteiger partial charge < -0.3 is 10.2 Å². The maximum Gasteiger partial charge on any atom is 0.307 e. The van der Waals surface area contributed by atoms with E-state index < -0.39 is 17.4 Å². The first-order valence-electron chi connectivity index (χ1n) is 12.1. The minimum Gasteiger partial charge on any atom is -0.481 e. The molecule has 0 aromatic rings. The molecule has 0 amide bonds. The summed E-state index contributed by atoms with van der Waals surface area (Å²) in [5, 5.41) is 29.1. The molecule has 0 aliphatic heterocycles. The molecule has 5 heteroatoms. The summed E-state index contributed by atoms with van der Waals surface area (Å²) >= 11 is 0. The molecule has 4 aliphatic rings. The Morgan fingerprint density at radius 1 is 1.06 bits per heavy atom. The monoisotopic (exact) mass is 439 g/mol. The second-order valence-electron chi connectivity index (χ2n) is 12.2. The first kappa shape index (κ1) is 23.1. The molecular formula is C27H37NO4. The van der Waals surface area contributed by atoms with E-state index in [9.17, 15) is 25.1 Å². The molecule has 0 radical (unpaired) electrons. The van der Waals surface area contributed by atoms with E-state index in [1.807, 2.05) is 0 Å². The molecule has 0 spiro atoms. The number of hydrogen-bond donors (Lipinski definition) is 2. The molecule has 0 saturated heterocycles. The smallest absolute Gasteiger partial charge is 0.307 e. The van der Waals surface area contributed by atoms with Crippen molar-refractivity contribution in [1.82, 2.24) is 0 Å². The predicted molar refractivity (Wildman–Crippen MR) is 122 cm³/mol. The summed E-state index contributed by atoms with van der Waals surface area (Å²) in [5.41, 5.74) is 2.02. The first-order valence-corrected chi connectivity index (χ1v) is 12.1. The highest BCUT2D eigenvalue weighted by Gasteiger charge is 2.63. The zero-order valence-electron chi connectivity index (χ0n) is 20.1. The Labute approximate surface area is 191 Å². The van der Waals surface area contributed by atoms with Gasteiger partial charge in [0, 0.05) is 11.0 Å². The van der Waals surface area contributed by atoms with Gasteiger partial charge in [-0.15, -0.1) is 0 Å². The van der Waals surface area contributed by atoms with Crippen LogP contribution in [0.25, 0.3) is 0 Å². The van der Waals surface area contributed by atoms with E-state index in [0.717, 1.165) is 37.7 Å². The molecule has 5 nitrogen and oxygen atoms in total. The fraction of sp³-hybridized carbons (Fsp3) is 0.741. The van der Waals surface area contributed by atoms with Crippen LogP contribution in [-0.4, -0.2) is 22.2 Å². The lowest BCUT2D eigenvalue weighted by molar-refractivity contribution is -0.144. The van der Waals surface area contributed by atoms with Crippen LogP contribution in [0, 0.1) is 50.7 Å². The fourth-order valence-corrected chi connectivity index (χ4v) is 8.87. The molecule has 6 atom stereocenters. The Kier molecular flexibility index (Phi) is 5.20. The van der Waals surface area contributed by atoms with Crippen molar-refractivity contribution in [3.05, 3.63) is 22.8 Å². The molecule has 174 valence electrons. The van der Waals surface area contributed by atoms with Gasteiger partial charge in [0.25, 0.3) is 0 Å². The van der Waals surface area contributed by atoms with Crippen LogP contribution in [0.3, 0.4) is 0 Å². The lowest BCUT2D eigenvalue weighted by Gasteiger charge is -2.61. The van der Waals surface area contributed by atoms with Crippen LogP contribution in [0.5, 0.6) is 0 Å². The molecule has 0 heterocycles. The van der Waals surface area contributed by atoms with Crippen LogP contribution in [0.15, 0.2) is 22.8 Å². The van der Waals surface area contributed by atoms with Crippen molar-refractivity contribution in [2.24, 2.45) is 39.4 Å². The van der Waals surface area contributed by atoms with Crippen LogP contribution < -0.4 is 0 Å². The third kappa shape index (κ3) is 3.01. The molecule has 32 heavy (non-hydrogen) atoms. The molecule has 0 bridgehead atoms. The van der Waals surface area contributed by atoms with Crippen molar-refractivity contribution in [1.29, 1.82) is 5.26 Å². The Morgan fingerprint density at radius 2 is 1.72 bits per heavy atom. The minimum absolute atomic E-state index is 0.0286. The van der Waals surface area contributed by atoms with E-state index in [0.29, 0.717) is 29.7 Å². The highest BCUT2D eigenvalue weighted by Crippen LogP contribution is 2.71. The summed E-state index contributed by atoms with van der Waals surface area (Å²) in [6.45, 7) is 11.0. The fourth-order valence-electron chi connectivity index (χ4n) is 8.87. The van der Waals surface area contributed by atoms with Crippen LogP contribution in [0.4, 0.5) is 0 Å². The van der Waals surface area contributed by atoms with Gasteiger partial charge in [0.05, 0.1) is 18.9 Å². The number of carbonyl (C=O) groups is 2. The lowest BCUT2D eigenvalue weighted by Crippen LogP contribution is -2.53. The molecule has 2 saturated carbocycles. The highest BCUT2D eigenvalue weighted by molar-refractivity contribution is 5.72. The number of aliphatic carboxylic acids is 2. The number of nitriles is 1. The Hall–Kier alpha value is -2.09. The summed E-state index contributed by atoms with van der Waals surface area (Å²) in [6.07, 6.45) is 8.25. The van der Waals surface area contributed by atoms with Gasteiger partial charge in [-0.3, -0.25) is 9.59 Å². The zero-order valence-corrected chi connectivity index (χ0v) is 20.1. The maximum absolute atomic E-state index is 11.7. The van der Waals surface area contributed by atoms with Gasteiger partial charge in [-0.05, 0) is 78.1 Å². The number of nitrogens with zero attached hydrogens (tertiary/aromatic N) is 1. The van der Waals surface area contributed by atoms with Gasteiger partial charge in [-0.25, -0.2) is 0 Å². The molecule has 2 fully saturated rings. The van der Waals surface area contributed by atoms with Crippen LogP contribution >= 0.6 is 0 Å². The molecule has 0 unspecified atom stereocenters. The summed E-state index contributed by atoms with van der Waals surface area (Å²) < 4.78 is 0. The van der Waals surface area contributed by atoms with E-state index in [2.05, 4.69) is 46.8 Å². The van der Waals surface area contributed by atoms with Gasteiger partial charge in [0.2, 0.25) is 0 Å². The minimum atomic E-state index is -0.879. The van der Waals surface area contributed by atoms with Gasteiger partial charge in [0.15, 0.2) is 0 Å². The van der Waals surface area contributed by atoms with E-state index in [4.69, 9.17) is 0 Å². The second kappa shape index (κ2) is 7.20. The molecular weight excluding hydrogens is 402 g/mol. The number of fused-ring (bicyclic) bond motifs is 5. The van der Waals surface area contributed by atoms with E-state index in [1.165, 1.54) is 5.57 Å². The van der Waals surface area contributed by atoms with Gasteiger partial charge in [-0.1, -0.05) is 46.3 Å². The second-order valence-corrected chi connectivity index (χ2v) is 12.2. The summed E-state index contributed by atoms with van der Waals surface area (Å²) in [4.78, 5) is 23.2. The molecule has 2 N–H and O–H groups in total. The summed E-state index contributed by atoms with van der Waals surface area (Å²) in [7, 11) is 0. The lowest BCUT2D eigenvalue weighted by atomic mass is 9.43. The highest BCUT2D eigenvalue weighted by atomic mass is 16.4. The average molecular weight is 440 g/mol. The molecule has 4 aliphatic carbocycles.